The van der Waals surface area contributed by atoms with Crippen molar-refractivity contribution in [1.82, 2.24) is 10.3 Å². The van der Waals surface area contributed by atoms with E-state index in [4.69, 9.17) is 4.74 Å². The number of halogens is 3. The van der Waals surface area contributed by atoms with Crippen molar-refractivity contribution in [2.24, 2.45) is 5.92 Å². The third-order valence-corrected chi connectivity index (χ3v) is 3.71. The highest BCUT2D eigenvalue weighted by Gasteiger charge is 2.20. The molecule has 0 spiro atoms. The van der Waals surface area contributed by atoms with Gasteiger partial charge in [-0.25, -0.2) is 9.37 Å². The van der Waals surface area contributed by atoms with Crippen LogP contribution in [0.1, 0.15) is 12.8 Å². The highest BCUT2D eigenvalue weighted by molar-refractivity contribution is 5.92. The Kier molecular flexibility index (Phi) is 8.61. The second-order valence-corrected chi connectivity index (χ2v) is 5.47. The minimum Gasteiger partial charge on any atom is -0.439 e. The normalized spacial score (nSPS) is 16.1. The predicted molar refractivity (Wildman–Crippen MR) is 99.4 cm³/mol. The molecule has 25 heavy (non-hydrogen) atoms. The van der Waals surface area contributed by atoms with Gasteiger partial charge in [0.2, 0.25) is 11.8 Å². The Hall–Kier alpha value is -1.89. The molecule has 0 bridgehead atoms. The van der Waals surface area contributed by atoms with Gasteiger partial charge in [0.15, 0.2) is 0 Å². The molecule has 2 N–H and O–H groups in total. The first kappa shape index (κ1) is 21.2. The molecule has 0 saturated carbocycles. The van der Waals surface area contributed by atoms with Crippen molar-refractivity contribution < 1.29 is 13.9 Å². The first-order chi connectivity index (χ1) is 11.2. The minimum absolute atomic E-state index is 0. The quantitative estimate of drug-likeness (QED) is 0.837. The predicted octanol–water partition coefficient (Wildman–Crippen LogP) is 3.79. The molecule has 8 heteroatoms. The van der Waals surface area contributed by atoms with Crippen LogP contribution in [-0.4, -0.2) is 24.0 Å². The molecule has 136 valence electrons. The number of amides is 1. The Bertz CT molecular complexity index is 663. The van der Waals surface area contributed by atoms with Gasteiger partial charge in [-0.2, -0.15) is 0 Å². The van der Waals surface area contributed by atoms with Crippen molar-refractivity contribution >= 4 is 36.4 Å². The van der Waals surface area contributed by atoms with E-state index in [1.165, 1.54) is 24.3 Å². The van der Waals surface area contributed by atoms with Crippen LogP contribution in [0.5, 0.6) is 11.6 Å². The Balaban J connectivity index is 0.00000156. The number of aromatic nitrogens is 1. The first-order valence-electron chi connectivity index (χ1n) is 7.62. The number of nitrogens with one attached hydrogen (secondary N) is 2. The Labute approximate surface area is 158 Å². The van der Waals surface area contributed by atoms with Gasteiger partial charge in [0.05, 0.1) is 17.8 Å². The zero-order valence-electron chi connectivity index (χ0n) is 13.4. The second-order valence-electron chi connectivity index (χ2n) is 5.47. The van der Waals surface area contributed by atoms with E-state index in [9.17, 15) is 9.18 Å². The number of benzene rings is 1. The Morgan fingerprint density at radius 1 is 1.20 bits per heavy atom. The van der Waals surface area contributed by atoms with E-state index in [1.54, 1.807) is 18.3 Å². The summed E-state index contributed by atoms with van der Waals surface area (Å²) in [7, 11) is 0. The van der Waals surface area contributed by atoms with Crippen LogP contribution in [0, 0.1) is 11.7 Å². The van der Waals surface area contributed by atoms with Gasteiger partial charge in [-0.05, 0) is 49.7 Å². The largest absolute Gasteiger partial charge is 0.439 e. The maximum absolute atomic E-state index is 12.8. The van der Waals surface area contributed by atoms with Gasteiger partial charge in [0, 0.05) is 12.6 Å². The van der Waals surface area contributed by atoms with E-state index in [2.05, 4.69) is 15.6 Å². The molecule has 0 radical (unpaired) electrons. The number of carbonyl (C=O) groups is 1. The van der Waals surface area contributed by atoms with Crippen molar-refractivity contribution in [3.05, 3.63) is 48.4 Å². The SMILES string of the molecule is Cl.Cl.O=C(Nc1ccc(Oc2ccc(F)cc2)nc1)C1CCCNC1. The van der Waals surface area contributed by atoms with Crippen LogP contribution in [0.4, 0.5) is 10.1 Å². The Morgan fingerprint density at radius 2 is 1.96 bits per heavy atom. The fourth-order valence-electron chi connectivity index (χ4n) is 2.46. The molecule has 1 aromatic heterocycles. The molecule has 1 atom stereocenters. The van der Waals surface area contributed by atoms with Gasteiger partial charge in [0.25, 0.3) is 0 Å². The van der Waals surface area contributed by atoms with E-state index in [0.29, 0.717) is 23.9 Å². The molecule has 5 nitrogen and oxygen atoms in total. The average Bonchev–Trinajstić information content (AvgIpc) is 2.59. The zero-order valence-corrected chi connectivity index (χ0v) is 15.0. The lowest BCUT2D eigenvalue weighted by atomic mass is 9.99. The number of hydrogen-bond donors (Lipinski definition) is 2. The maximum Gasteiger partial charge on any atom is 0.228 e. The summed E-state index contributed by atoms with van der Waals surface area (Å²) in [5.41, 5.74) is 0.632. The summed E-state index contributed by atoms with van der Waals surface area (Å²) in [5.74, 6) is 0.573. The van der Waals surface area contributed by atoms with Crippen molar-refractivity contribution in [1.29, 1.82) is 0 Å². The van der Waals surface area contributed by atoms with Crippen LogP contribution in [0.25, 0.3) is 0 Å². The third-order valence-electron chi connectivity index (χ3n) is 3.71. The first-order valence-corrected chi connectivity index (χ1v) is 7.62. The summed E-state index contributed by atoms with van der Waals surface area (Å²) >= 11 is 0. The molecule has 0 aliphatic carbocycles. The van der Waals surface area contributed by atoms with Gasteiger partial charge in [-0.3, -0.25) is 4.79 Å². The molecule has 1 saturated heterocycles. The average molecular weight is 388 g/mol. The van der Waals surface area contributed by atoms with Crippen LogP contribution >= 0.6 is 24.8 Å². The van der Waals surface area contributed by atoms with E-state index in [-0.39, 0.29) is 42.5 Å². The standard InChI is InChI=1S/C17H18FN3O2.2ClH/c18-13-3-6-15(7-4-13)23-16-8-5-14(11-20-16)21-17(22)12-2-1-9-19-10-12;;/h3-8,11-12,19H,1-2,9-10H2,(H,21,22);2*1H. The summed E-state index contributed by atoms with van der Waals surface area (Å²) in [5, 5.41) is 6.08. The number of nitrogens with zero attached hydrogens (tertiary/aromatic N) is 1. The number of rotatable bonds is 4. The molecule has 1 amide bonds. The summed E-state index contributed by atoms with van der Waals surface area (Å²) in [6, 6.07) is 9.11. The number of anilines is 1. The summed E-state index contributed by atoms with van der Waals surface area (Å²) < 4.78 is 18.3. The van der Waals surface area contributed by atoms with Crippen molar-refractivity contribution in [2.75, 3.05) is 18.4 Å². The topological polar surface area (TPSA) is 63.2 Å². The Morgan fingerprint density at radius 3 is 2.56 bits per heavy atom. The van der Waals surface area contributed by atoms with Crippen LogP contribution in [-0.2, 0) is 4.79 Å². The molecule has 1 aromatic carbocycles. The molecule has 1 unspecified atom stereocenters. The lowest BCUT2D eigenvalue weighted by molar-refractivity contribution is -0.120. The lowest BCUT2D eigenvalue weighted by Gasteiger charge is -2.21. The fourth-order valence-corrected chi connectivity index (χ4v) is 2.46. The van der Waals surface area contributed by atoms with Crippen molar-refractivity contribution in [3.63, 3.8) is 0 Å². The molecule has 2 heterocycles. The zero-order chi connectivity index (χ0) is 16.1. The number of piperidine rings is 1. The molecule has 1 fully saturated rings. The number of carbonyl (C=O) groups excluding carboxylic acids is 1. The summed E-state index contributed by atoms with van der Waals surface area (Å²) in [6.07, 6.45) is 3.46. The van der Waals surface area contributed by atoms with Crippen LogP contribution in [0.15, 0.2) is 42.6 Å². The van der Waals surface area contributed by atoms with E-state index in [0.717, 1.165) is 19.4 Å². The lowest BCUT2D eigenvalue weighted by Crippen LogP contribution is -2.37. The molecule has 1 aliphatic heterocycles. The van der Waals surface area contributed by atoms with E-state index < -0.39 is 0 Å². The molecule has 1 aliphatic rings. The summed E-state index contributed by atoms with van der Waals surface area (Å²) in [6.45, 7) is 1.69. The molecular weight excluding hydrogens is 368 g/mol. The molecule has 3 rings (SSSR count). The number of hydrogen-bond acceptors (Lipinski definition) is 4. The van der Waals surface area contributed by atoms with Crippen LogP contribution < -0.4 is 15.4 Å². The van der Waals surface area contributed by atoms with Crippen LogP contribution in [0.3, 0.4) is 0 Å². The number of pyridine rings is 1. The molecule has 2 aromatic rings. The van der Waals surface area contributed by atoms with Crippen LogP contribution in [0.2, 0.25) is 0 Å². The highest BCUT2D eigenvalue weighted by Crippen LogP contribution is 2.21. The van der Waals surface area contributed by atoms with Gasteiger partial charge in [-0.15, -0.1) is 24.8 Å². The highest BCUT2D eigenvalue weighted by atomic mass is 35.5. The number of ether oxygens (including phenoxy) is 1. The maximum atomic E-state index is 12.8. The monoisotopic (exact) mass is 387 g/mol. The van der Waals surface area contributed by atoms with Gasteiger partial charge in [0.1, 0.15) is 11.6 Å². The summed E-state index contributed by atoms with van der Waals surface area (Å²) in [4.78, 5) is 16.3. The molecular formula is C17H20Cl2FN3O2. The van der Waals surface area contributed by atoms with Crippen molar-refractivity contribution in [3.8, 4) is 11.6 Å². The van der Waals surface area contributed by atoms with Gasteiger partial charge in [-0.1, -0.05) is 0 Å². The van der Waals surface area contributed by atoms with Gasteiger partial charge < -0.3 is 15.4 Å². The van der Waals surface area contributed by atoms with Gasteiger partial charge >= 0.3 is 0 Å². The second kappa shape index (κ2) is 10.2. The third kappa shape index (κ3) is 6.16. The van der Waals surface area contributed by atoms with E-state index >= 15 is 0 Å². The minimum atomic E-state index is -0.319. The fraction of sp³-hybridized carbons (Fsp3) is 0.294. The van der Waals surface area contributed by atoms with E-state index in [1.807, 2.05) is 0 Å². The van der Waals surface area contributed by atoms with Crippen molar-refractivity contribution in [2.45, 2.75) is 12.8 Å². The smallest absolute Gasteiger partial charge is 0.228 e.